The first-order valence-electron chi connectivity index (χ1n) is 10.9. The van der Waals surface area contributed by atoms with E-state index in [0.717, 1.165) is 30.2 Å². The van der Waals surface area contributed by atoms with Crippen molar-refractivity contribution in [3.63, 3.8) is 0 Å². The smallest absolute Gasteiger partial charge is 0.243 e. The maximum Gasteiger partial charge on any atom is 0.243 e. The highest BCUT2D eigenvalue weighted by Crippen LogP contribution is 2.28. The second kappa shape index (κ2) is 9.48. The Hall–Kier alpha value is -1.62. The molecule has 31 heavy (non-hydrogen) atoms. The number of sulfonamides is 1. The molecule has 0 radical (unpaired) electrons. The average molecular weight is 467 g/mol. The van der Waals surface area contributed by atoms with Gasteiger partial charge in [-0.1, -0.05) is 18.7 Å². The molecule has 2 aliphatic heterocycles. The molecule has 0 saturated carbocycles. The fraction of sp³-hybridized carbons (Fsp3) is 0.619. The molecule has 2 saturated heterocycles. The summed E-state index contributed by atoms with van der Waals surface area (Å²) in [7, 11) is -3.57. The summed E-state index contributed by atoms with van der Waals surface area (Å²) in [6, 6.07) is 5.11. The predicted octanol–water partition coefficient (Wildman–Crippen LogP) is 2.43. The van der Waals surface area contributed by atoms with Crippen molar-refractivity contribution < 1.29 is 17.9 Å². The molecule has 4 rings (SSSR count). The molecule has 2 aromatic rings. The first-order chi connectivity index (χ1) is 14.9. The SMILES string of the molecule is CCn1c(SCC(=O)N2CCCC(C)C2)nc2cc(S(=O)(=O)N3CCOCC3)ccc21. The maximum atomic E-state index is 13.0. The lowest BCUT2D eigenvalue weighted by Gasteiger charge is -2.30. The first kappa shape index (κ1) is 22.6. The summed E-state index contributed by atoms with van der Waals surface area (Å²) in [5.41, 5.74) is 1.52. The van der Waals surface area contributed by atoms with Crippen LogP contribution in [0, 0.1) is 5.92 Å². The number of carbonyl (C=O) groups is 1. The number of rotatable bonds is 6. The van der Waals surface area contributed by atoms with Gasteiger partial charge in [0.15, 0.2) is 5.16 Å². The molecule has 1 atom stereocenters. The quantitative estimate of drug-likeness (QED) is 0.608. The van der Waals surface area contributed by atoms with Gasteiger partial charge in [0, 0.05) is 32.7 Å². The molecule has 10 heteroatoms. The van der Waals surface area contributed by atoms with Crippen LogP contribution < -0.4 is 0 Å². The van der Waals surface area contributed by atoms with Crippen LogP contribution >= 0.6 is 11.8 Å². The van der Waals surface area contributed by atoms with E-state index in [0.29, 0.717) is 50.0 Å². The first-order valence-corrected chi connectivity index (χ1v) is 13.3. The van der Waals surface area contributed by atoms with Crippen LogP contribution in [-0.4, -0.2) is 78.2 Å². The maximum absolute atomic E-state index is 13.0. The number of fused-ring (bicyclic) bond motifs is 1. The monoisotopic (exact) mass is 466 g/mol. The third-order valence-corrected chi connectivity index (χ3v) is 8.80. The number of hydrogen-bond donors (Lipinski definition) is 0. The second-order valence-corrected chi connectivity index (χ2v) is 11.1. The lowest BCUT2D eigenvalue weighted by molar-refractivity contribution is -0.130. The van der Waals surface area contributed by atoms with Crippen LogP contribution in [0.5, 0.6) is 0 Å². The normalized spacial score (nSPS) is 21.0. The zero-order chi connectivity index (χ0) is 22.0. The molecule has 0 bridgehead atoms. The summed E-state index contributed by atoms with van der Waals surface area (Å²) in [5.74, 6) is 1.03. The van der Waals surface area contributed by atoms with Gasteiger partial charge in [-0.15, -0.1) is 0 Å². The zero-order valence-corrected chi connectivity index (χ0v) is 19.8. The van der Waals surface area contributed by atoms with Crippen molar-refractivity contribution in [2.75, 3.05) is 45.1 Å². The number of hydrogen-bond acceptors (Lipinski definition) is 6. The lowest BCUT2D eigenvalue weighted by Crippen LogP contribution is -2.40. The Morgan fingerprint density at radius 1 is 1.26 bits per heavy atom. The van der Waals surface area contributed by atoms with E-state index in [-0.39, 0.29) is 10.8 Å². The van der Waals surface area contributed by atoms with E-state index in [1.54, 1.807) is 12.1 Å². The minimum Gasteiger partial charge on any atom is -0.379 e. The molecule has 1 amide bonds. The van der Waals surface area contributed by atoms with Crippen molar-refractivity contribution in [2.24, 2.45) is 5.92 Å². The van der Waals surface area contributed by atoms with Gasteiger partial charge in [0.2, 0.25) is 15.9 Å². The lowest BCUT2D eigenvalue weighted by atomic mass is 10.0. The van der Waals surface area contributed by atoms with Gasteiger partial charge in [-0.05, 0) is 43.9 Å². The van der Waals surface area contributed by atoms with Crippen LogP contribution in [0.15, 0.2) is 28.3 Å². The van der Waals surface area contributed by atoms with Crippen LogP contribution in [0.2, 0.25) is 0 Å². The predicted molar refractivity (Wildman–Crippen MR) is 121 cm³/mol. The molecule has 2 aliphatic rings. The Balaban J connectivity index is 1.54. The van der Waals surface area contributed by atoms with Crippen LogP contribution in [0.4, 0.5) is 0 Å². The number of piperidine rings is 1. The summed E-state index contributed by atoms with van der Waals surface area (Å²) < 4.78 is 34.8. The average Bonchev–Trinajstić information content (AvgIpc) is 3.14. The Labute approximate surface area is 188 Å². The molecule has 1 unspecified atom stereocenters. The van der Waals surface area contributed by atoms with Crippen molar-refractivity contribution in [1.82, 2.24) is 18.8 Å². The Morgan fingerprint density at radius 3 is 2.74 bits per heavy atom. The summed E-state index contributed by atoms with van der Waals surface area (Å²) in [5, 5.41) is 0.747. The highest BCUT2D eigenvalue weighted by Gasteiger charge is 2.27. The van der Waals surface area contributed by atoms with Gasteiger partial charge >= 0.3 is 0 Å². The van der Waals surface area contributed by atoms with Gasteiger partial charge in [-0.3, -0.25) is 4.79 Å². The Morgan fingerprint density at radius 2 is 2.03 bits per heavy atom. The molecule has 0 aliphatic carbocycles. The number of nitrogens with zero attached hydrogens (tertiary/aromatic N) is 4. The van der Waals surface area contributed by atoms with E-state index in [9.17, 15) is 13.2 Å². The second-order valence-electron chi connectivity index (χ2n) is 8.18. The number of ether oxygens (including phenoxy) is 1. The van der Waals surface area contributed by atoms with Gasteiger partial charge in [0.05, 0.1) is 34.9 Å². The molecule has 170 valence electrons. The molecule has 8 nitrogen and oxygen atoms in total. The number of benzene rings is 1. The standard InChI is InChI=1S/C21H30N4O4S2/c1-3-25-19-7-6-17(31(27,28)24-9-11-29-12-10-24)13-18(19)22-21(25)30-15-20(26)23-8-4-5-16(2)14-23/h6-7,13,16H,3-5,8-12,14-15H2,1-2H3. The number of morpholine rings is 1. The van der Waals surface area contributed by atoms with Crippen molar-refractivity contribution >= 4 is 38.7 Å². The van der Waals surface area contributed by atoms with E-state index in [2.05, 4.69) is 11.9 Å². The summed E-state index contributed by atoms with van der Waals surface area (Å²) >= 11 is 1.43. The van der Waals surface area contributed by atoms with E-state index in [4.69, 9.17) is 4.74 Å². The third kappa shape index (κ3) is 4.76. The highest BCUT2D eigenvalue weighted by molar-refractivity contribution is 7.99. The van der Waals surface area contributed by atoms with Gasteiger partial charge in [0.1, 0.15) is 0 Å². The van der Waals surface area contributed by atoms with Crippen LogP contribution in [-0.2, 0) is 26.1 Å². The topological polar surface area (TPSA) is 84.7 Å². The molecule has 2 fully saturated rings. The van der Waals surface area contributed by atoms with Crippen LogP contribution in [0.25, 0.3) is 11.0 Å². The van der Waals surface area contributed by atoms with E-state index < -0.39 is 10.0 Å². The molecule has 1 aromatic carbocycles. The molecular weight excluding hydrogens is 436 g/mol. The summed E-state index contributed by atoms with van der Waals surface area (Å²) in [6.45, 7) is 8.12. The third-order valence-electron chi connectivity index (χ3n) is 5.94. The fourth-order valence-corrected chi connectivity index (χ4v) is 6.64. The number of imidazole rings is 1. The largest absolute Gasteiger partial charge is 0.379 e. The van der Waals surface area contributed by atoms with Gasteiger partial charge in [0.25, 0.3) is 0 Å². The van der Waals surface area contributed by atoms with Crippen molar-refractivity contribution in [3.8, 4) is 0 Å². The van der Waals surface area contributed by atoms with E-state index >= 15 is 0 Å². The number of aryl methyl sites for hydroxylation is 1. The van der Waals surface area contributed by atoms with Gasteiger partial charge in [-0.2, -0.15) is 4.31 Å². The Kier molecular flexibility index (Phi) is 6.90. The van der Waals surface area contributed by atoms with Crippen molar-refractivity contribution in [3.05, 3.63) is 18.2 Å². The fourth-order valence-electron chi connectivity index (χ4n) is 4.23. The number of amides is 1. The van der Waals surface area contributed by atoms with Crippen LogP contribution in [0.1, 0.15) is 26.7 Å². The summed E-state index contributed by atoms with van der Waals surface area (Å²) in [4.78, 5) is 19.5. The summed E-state index contributed by atoms with van der Waals surface area (Å²) in [6.07, 6.45) is 2.24. The number of aromatic nitrogens is 2. The van der Waals surface area contributed by atoms with E-state index in [1.807, 2.05) is 22.5 Å². The van der Waals surface area contributed by atoms with Crippen molar-refractivity contribution in [2.45, 2.75) is 43.3 Å². The molecule has 3 heterocycles. The van der Waals surface area contributed by atoms with Gasteiger partial charge < -0.3 is 14.2 Å². The molecule has 1 aromatic heterocycles. The number of likely N-dealkylation sites (tertiary alicyclic amines) is 1. The van der Waals surface area contributed by atoms with E-state index in [1.165, 1.54) is 22.5 Å². The number of carbonyl (C=O) groups excluding carboxylic acids is 1. The highest BCUT2D eigenvalue weighted by atomic mass is 32.2. The van der Waals surface area contributed by atoms with Gasteiger partial charge in [-0.25, -0.2) is 13.4 Å². The van der Waals surface area contributed by atoms with Crippen molar-refractivity contribution in [1.29, 1.82) is 0 Å². The minimum absolute atomic E-state index is 0.141. The minimum atomic E-state index is -3.57. The number of thioether (sulfide) groups is 1. The zero-order valence-electron chi connectivity index (χ0n) is 18.1. The Bertz CT molecular complexity index is 1050. The molecule has 0 spiro atoms. The molecule has 0 N–H and O–H groups in total. The van der Waals surface area contributed by atoms with Crippen LogP contribution in [0.3, 0.4) is 0 Å². The molecular formula is C21H30N4O4S2.